The fourth-order valence-corrected chi connectivity index (χ4v) is 5.79. The van der Waals surface area contributed by atoms with Crippen molar-refractivity contribution in [2.75, 3.05) is 25.4 Å². The highest BCUT2D eigenvalue weighted by Gasteiger charge is 2.51. The number of aromatic nitrogens is 1. The van der Waals surface area contributed by atoms with Crippen LogP contribution in [0.1, 0.15) is 30.0 Å². The minimum atomic E-state index is -4.83. The van der Waals surface area contributed by atoms with Crippen molar-refractivity contribution in [3.05, 3.63) is 40.4 Å². The highest BCUT2D eigenvalue weighted by molar-refractivity contribution is 7.84. The molecule has 1 aromatic heterocycles. The van der Waals surface area contributed by atoms with Gasteiger partial charge < -0.3 is 36.4 Å². The number of hydrogen-bond donors (Lipinski definition) is 7. The average molecular weight is 639 g/mol. The summed E-state index contributed by atoms with van der Waals surface area (Å²) in [5.41, 5.74) is 5.91. The van der Waals surface area contributed by atoms with Crippen molar-refractivity contribution < 1.29 is 42.0 Å². The molecule has 0 unspecified atom stereocenters. The van der Waals surface area contributed by atoms with E-state index in [0.717, 1.165) is 24.4 Å². The van der Waals surface area contributed by atoms with Crippen LogP contribution in [0.25, 0.3) is 0 Å². The Hall–Kier alpha value is -4.33. The Balaban J connectivity index is 1.47. The molecule has 0 spiro atoms. The molecule has 0 radical (unpaired) electrons. The molecule has 2 saturated heterocycles. The quantitative estimate of drug-likeness (QED) is 0.0455. The number of amides is 2. The number of hydrogen-bond acceptors (Lipinski definition) is 13. The summed E-state index contributed by atoms with van der Waals surface area (Å²) in [6, 6.07) is 4.14. The highest BCUT2D eigenvalue weighted by Crippen LogP contribution is 2.25. The molecular formula is C24H30N8O9S2. The van der Waals surface area contributed by atoms with Crippen molar-refractivity contribution in [1.82, 2.24) is 25.2 Å². The second-order valence-corrected chi connectivity index (χ2v) is 12.0. The maximum atomic E-state index is 13.2. The molecule has 2 aromatic rings. The van der Waals surface area contributed by atoms with Gasteiger partial charge in [0.1, 0.15) is 29.9 Å². The smallest absolute Gasteiger partial charge is 0.362 e. The number of carbonyl (C=O) groups is 3. The van der Waals surface area contributed by atoms with Crippen LogP contribution in [0.2, 0.25) is 0 Å². The third kappa shape index (κ3) is 7.19. The Bertz CT molecular complexity index is 1540. The Labute approximate surface area is 249 Å². The van der Waals surface area contributed by atoms with Gasteiger partial charge in [-0.1, -0.05) is 12.1 Å². The summed E-state index contributed by atoms with van der Waals surface area (Å²) in [5, 5.41) is 30.2. The summed E-state index contributed by atoms with van der Waals surface area (Å²) in [7, 11) is -4.83. The van der Waals surface area contributed by atoms with Gasteiger partial charge in [-0.2, -0.15) is 8.42 Å². The Morgan fingerprint density at radius 3 is 2.51 bits per heavy atom. The Morgan fingerprint density at radius 1 is 1.30 bits per heavy atom. The number of ether oxygens (including phenoxy) is 1. The van der Waals surface area contributed by atoms with Crippen LogP contribution < -0.4 is 26.4 Å². The van der Waals surface area contributed by atoms with Crippen molar-refractivity contribution in [1.29, 1.82) is 5.41 Å². The summed E-state index contributed by atoms with van der Waals surface area (Å²) in [4.78, 5) is 47.3. The van der Waals surface area contributed by atoms with Crippen LogP contribution in [0.15, 0.2) is 29.4 Å². The predicted molar refractivity (Wildman–Crippen MR) is 153 cm³/mol. The minimum absolute atomic E-state index is 0.0112. The first-order chi connectivity index (χ1) is 20.3. The second-order valence-electron chi connectivity index (χ2n) is 9.56. The van der Waals surface area contributed by atoms with E-state index in [1.54, 1.807) is 31.2 Å². The van der Waals surface area contributed by atoms with E-state index in [9.17, 15) is 32.5 Å². The maximum Gasteiger partial charge on any atom is 0.362 e. The van der Waals surface area contributed by atoms with Gasteiger partial charge >= 0.3 is 16.3 Å². The lowest BCUT2D eigenvalue weighted by molar-refractivity contribution is -0.152. The summed E-state index contributed by atoms with van der Waals surface area (Å²) in [6.07, 6.45) is -1.31. The van der Waals surface area contributed by atoms with Crippen LogP contribution >= 0.6 is 11.3 Å². The number of nitrogens with two attached hydrogens (primary N) is 1. The minimum Gasteiger partial charge on any atom is -0.489 e. The number of oxime groups is 1. The molecule has 0 bridgehead atoms. The number of anilines is 1. The summed E-state index contributed by atoms with van der Waals surface area (Å²) < 4.78 is 37.8. The number of benzene rings is 1. The van der Waals surface area contributed by atoms with Gasteiger partial charge in [-0.15, -0.1) is 11.3 Å². The number of nitrogens with zero attached hydrogens (tertiary/aromatic N) is 3. The van der Waals surface area contributed by atoms with E-state index in [2.05, 4.69) is 26.1 Å². The lowest BCUT2D eigenvalue weighted by atomic mass is 10.0. The normalized spacial score (nSPS) is 19.6. The first-order valence-electron chi connectivity index (χ1n) is 12.9. The number of nitrogens with one attached hydrogen (secondary N) is 4. The summed E-state index contributed by atoms with van der Waals surface area (Å²) in [5.74, 6) is -3.02. The standard InChI is InChI=1S/C24H30N8O9S2/c1-3-16-18(30-24(26)42-16)19(21(33)29-17-11(2)32(22(17)34)43(37,38)39)31-41-15(23(35)36)10-40-14-6-4-12(5-7-14)20(25)28-13-8-27-9-13/h4-7,11,13,15,17,27H,3,8-10H2,1-2H3,(H2,25,28)(H2,26,30)(H,29,33)(H,35,36)(H,37,38,39)/b31-19-/t11-,15-,17-/m0/s1. The van der Waals surface area contributed by atoms with E-state index in [1.165, 1.54) is 6.92 Å². The topological polar surface area (TPSA) is 259 Å². The molecule has 3 atom stereocenters. The maximum absolute atomic E-state index is 13.2. The Kier molecular flexibility index (Phi) is 9.48. The molecule has 0 saturated carbocycles. The molecule has 1 aromatic carbocycles. The number of aryl methyl sites for hydroxylation is 1. The largest absolute Gasteiger partial charge is 0.489 e. The molecule has 2 aliphatic heterocycles. The zero-order chi connectivity index (χ0) is 31.5. The number of carboxylic acid groups (broad SMARTS) is 1. The van der Waals surface area contributed by atoms with Gasteiger partial charge in [0, 0.05) is 23.5 Å². The number of carboxylic acids is 1. The number of thiazole rings is 1. The van der Waals surface area contributed by atoms with E-state index in [0.29, 0.717) is 22.6 Å². The molecule has 17 nitrogen and oxygen atoms in total. The number of amidine groups is 1. The van der Waals surface area contributed by atoms with Crippen molar-refractivity contribution in [2.24, 2.45) is 5.16 Å². The molecule has 8 N–H and O–H groups in total. The molecular weight excluding hydrogens is 608 g/mol. The second kappa shape index (κ2) is 12.9. The fourth-order valence-electron chi connectivity index (χ4n) is 4.13. The first-order valence-corrected chi connectivity index (χ1v) is 15.1. The highest BCUT2D eigenvalue weighted by atomic mass is 32.2. The zero-order valence-electron chi connectivity index (χ0n) is 22.9. The van der Waals surface area contributed by atoms with E-state index >= 15 is 0 Å². The van der Waals surface area contributed by atoms with E-state index in [1.807, 2.05) is 0 Å². The molecule has 2 aliphatic rings. The van der Waals surface area contributed by atoms with Crippen LogP contribution in [-0.4, -0.2) is 101 Å². The van der Waals surface area contributed by atoms with Gasteiger partial charge in [-0.05, 0) is 37.6 Å². The average Bonchev–Trinajstić information content (AvgIpc) is 3.30. The molecule has 19 heteroatoms. The van der Waals surface area contributed by atoms with Gasteiger partial charge in [0.05, 0.1) is 12.1 Å². The third-order valence-electron chi connectivity index (χ3n) is 6.57. The van der Waals surface area contributed by atoms with Crippen molar-refractivity contribution in [2.45, 2.75) is 44.5 Å². The lowest BCUT2D eigenvalue weighted by Crippen LogP contribution is -2.71. The molecule has 43 heavy (non-hydrogen) atoms. The molecule has 4 rings (SSSR count). The van der Waals surface area contributed by atoms with Crippen LogP contribution in [0.4, 0.5) is 5.13 Å². The number of nitrogen functional groups attached to an aromatic ring is 1. The van der Waals surface area contributed by atoms with Crippen LogP contribution in [0.3, 0.4) is 0 Å². The lowest BCUT2D eigenvalue weighted by Gasteiger charge is -2.42. The van der Waals surface area contributed by atoms with E-state index < -0.39 is 58.6 Å². The van der Waals surface area contributed by atoms with Gasteiger partial charge in [-0.3, -0.25) is 19.6 Å². The van der Waals surface area contributed by atoms with Crippen molar-refractivity contribution in [3.63, 3.8) is 0 Å². The SMILES string of the molecule is CCc1sc(N)nc1/C(=N/O[C@@H](COc1ccc(C(=N)NC2CNC2)cc1)C(=O)O)C(=O)N[C@@H]1C(=O)N(S(=O)(=O)O)[C@H]1C. The van der Waals surface area contributed by atoms with Gasteiger partial charge in [0.2, 0.25) is 0 Å². The number of β-lactam (4-membered cyclic amide) rings is 1. The number of carbonyl (C=O) groups excluding carboxylic acids is 2. The van der Waals surface area contributed by atoms with Crippen LogP contribution in [0, 0.1) is 5.41 Å². The van der Waals surface area contributed by atoms with Crippen LogP contribution in [-0.2, 0) is 35.9 Å². The summed E-state index contributed by atoms with van der Waals surface area (Å²) >= 11 is 1.06. The monoisotopic (exact) mass is 638 g/mol. The van der Waals surface area contributed by atoms with Gasteiger partial charge in [0.25, 0.3) is 17.9 Å². The van der Waals surface area contributed by atoms with E-state index in [4.69, 9.17) is 20.7 Å². The zero-order valence-corrected chi connectivity index (χ0v) is 24.6. The summed E-state index contributed by atoms with van der Waals surface area (Å²) in [6.45, 7) is 4.08. The van der Waals surface area contributed by atoms with Gasteiger partial charge in [0.15, 0.2) is 10.8 Å². The predicted octanol–water partition coefficient (Wildman–Crippen LogP) is -1.05. The van der Waals surface area contributed by atoms with Crippen LogP contribution in [0.5, 0.6) is 5.75 Å². The number of aliphatic carboxylic acids is 1. The molecule has 232 valence electrons. The molecule has 3 heterocycles. The number of rotatable bonds is 13. The van der Waals surface area contributed by atoms with E-state index in [-0.39, 0.29) is 27.0 Å². The van der Waals surface area contributed by atoms with Crippen molar-refractivity contribution in [3.8, 4) is 5.75 Å². The third-order valence-corrected chi connectivity index (χ3v) is 8.60. The van der Waals surface area contributed by atoms with Gasteiger partial charge in [-0.25, -0.2) is 14.1 Å². The first kappa shape index (κ1) is 31.6. The van der Waals surface area contributed by atoms with Crippen molar-refractivity contribution >= 4 is 56.1 Å². The Morgan fingerprint density at radius 2 is 1.98 bits per heavy atom. The molecule has 0 aliphatic carbocycles. The molecule has 2 fully saturated rings. The fraction of sp³-hybridized carbons (Fsp3) is 0.417. The molecule has 2 amide bonds.